The number of hydrogen-bond acceptors (Lipinski definition) is 3. The topological polar surface area (TPSA) is 70.0 Å². The predicted octanol–water partition coefficient (Wildman–Crippen LogP) is 9.85. The van der Waals surface area contributed by atoms with Crippen LogP contribution in [0.5, 0.6) is 5.75 Å². The number of nitrogens with two attached hydrogens (primary N) is 1. The first-order valence-electron chi connectivity index (χ1n) is 17.7. The minimum Gasteiger partial charge on any atom is -0.571 e. The molecule has 1 saturated heterocycles. The van der Waals surface area contributed by atoms with Crippen molar-refractivity contribution < 1.29 is 14.5 Å². The van der Waals surface area contributed by atoms with Crippen molar-refractivity contribution >= 4 is 38.9 Å². The molecule has 0 radical (unpaired) electrons. The lowest BCUT2D eigenvalue weighted by Crippen LogP contribution is -2.92. The van der Waals surface area contributed by atoms with Crippen LogP contribution in [0.15, 0.2) is 156 Å². The number of para-hydroxylation sites is 3. The Kier molecular flexibility index (Phi) is 6.40. The largest absolute Gasteiger partial charge is 0.571 e. The average Bonchev–Trinajstić information content (AvgIpc) is 3.88. The number of furan rings is 1. The Morgan fingerprint density at radius 2 is 1.39 bits per heavy atom. The molecule has 2 aliphatic heterocycles. The van der Waals surface area contributed by atoms with E-state index in [-0.39, 0.29) is 30.6 Å². The van der Waals surface area contributed by atoms with E-state index in [1.165, 1.54) is 32.9 Å². The van der Waals surface area contributed by atoms with Crippen molar-refractivity contribution in [3.05, 3.63) is 185 Å². The molecule has 3 N–H and O–H groups in total. The standard InChI is InChI=1S/C45H33N4O2/c1-3-12-27(13-4-1)30-18-11-19-33-34-23-24-35-36-26-29(22-25-39(36)50-41(35)42(34)51-40(30)33)44-46-43(28-14-5-2-6-15-28)47-45(48-44)49-37-20-9-7-16-31(37)32-17-8-10-21-38(32)49/h1-26,34,42-47H/q-1/p+1. The molecular formula is C45H34N4O2. The van der Waals surface area contributed by atoms with Gasteiger partial charge in [-0.25, -0.2) is 0 Å². The minimum absolute atomic E-state index is 0.00237. The number of benzene rings is 6. The fraction of sp³-hybridized carbons (Fsp3) is 0.111. The van der Waals surface area contributed by atoms with Crippen molar-refractivity contribution in [1.82, 2.24) is 9.88 Å². The number of nitrogens with one attached hydrogen (secondary N) is 1. The molecule has 6 nitrogen and oxygen atoms in total. The number of fused-ring (bicyclic) bond motifs is 10. The maximum atomic E-state index is 6.80. The number of nitrogens with zero attached hydrogens (tertiary/aromatic N) is 2. The average molecular weight is 663 g/mol. The molecule has 6 heteroatoms. The van der Waals surface area contributed by atoms with Crippen LogP contribution in [0.4, 0.5) is 0 Å². The van der Waals surface area contributed by atoms with Crippen LogP contribution in [0.1, 0.15) is 58.7 Å². The Morgan fingerprint density at radius 3 is 2.18 bits per heavy atom. The highest BCUT2D eigenvalue weighted by molar-refractivity contribution is 6.08. The molecular weight excluding hydrogens is 629 g/mol. The van der Waals surface area contributed by atoms with Crippen molar-refractivity contribution in [2.24, 2.45) is 0 Å². The van der Waals surface area contributed by atoms with Crippen LogP contribution in [-0.4, -0.2) is 4.57 Å². The molecule has 0 spiro atoms. The van der Waals surface area contributed by atoms with Crippen LogP contribution < -0.4 is 15.4 Å². The molecule has 51 heavy (non-hydrogen) atoms. The van der Waals surface area contributed by atoms with Crippen molar-refractivity contribution in [1.29, 1.82) is 0 Å². The van der Waals surface area contributed by atoms with E-state index in [9.17, 15) is 0 Å². The Balaban J connectivity index is 0.987. The van der Waals surface area contributed by atoms with Crippen molar-refractivity contribution in [2.45, 2.75) is 30.6 Å². The van der Waals surface area contributed by atoms with Crippen molar-refractivity contribution in [2.75, 3.05) is 0 Å². The van der Waals surface area contributed by atoms with Gasteiger partial charge >= 0.3 is 0 Å². The molecule has 0 amide bonds. The van der Waals surface area contributed by atoms with E-state index in [0.717, 1.165) is 44.7 Å². The normalized spacial score (nSPS) is 22.2. The summed E-state index contributed by atoms with van der Waals surface area (Å²) in [5, 5.41) is 15.3. The number of quaternary nitrogens is 1. The Hall–Kier alpha value is -5.92. The summed E-state index contributed by atoms with van der Waals surface area (Å²) in [4.78, 5) is 0. The van der Waals surface area contributed by atoms with Gasteiger partial charge < -0.3 is 24.4 Å². The zero-order valence-corrected chi connectivity index (χ0v) is 27.7. The Bertz CT molecular complexity index is 2590. The van der Waals surface area contributed by atoms with Gasteiger partial charge in [0.1, 0.15) is 11.3 Å². The highest BCUT2D eigenvalue weighted by Gasteiger charge is 2.41. The van der Waals surface area contributed by atoms with Gasteiger partial charge in [-0.05, 0) is 36.0 Å². The Morgan fingerprint density at radius 1 is 0.667 bits per heavy atom. The van der Waals surface area contributed by atoms with E-state index in [1.807, 2.05) is 6.07 Å². The van der Waals surface area contributed by atoms with Gasteiger partial charge in [0.15, 0.2) is 18.0 Å². The van der Waals surface area contributed by atoms with E-state index in [4.69, 9.17) is 14.5 Å². The molecule has 1 fully saturated rings. The third-order valence-corrected chi connectivity index (χ3v) is 10.9. The second-order valence-corrected chi connectivity index (χ2v) is 13.8. The third-order valence-electron chi connectivity index (χ3n) is 10.9. The van der Waals surface area contributed by atoms with E-state index < -0.39 is 0 Å². The third kappa shape index (κ3) is 4.47. The molecule has 3 aliphatic rings. The van der Waals surface area contributed by atoms with Gasteiger partial charge in [0.2, 0.25) is 0 Å². The summed E-state index contributed by atoms with van der Waals surface area (Å²) >= 11 is 0. The summed E-state index contributed by atoms with van der Waals surface area (Å²) in [6.45, 7) is 0. The first-order valence-corrected chi connectivity index (χ1v) is 17.7. The van der Waals surface area contributed by atoms with E-state index in [1.54, 1.807) is 0 Å². The number of aromatic nitrogens is 1. The minimum atomic E-state index is -0.249. The van der Waals surface area contributed by atoms with Gasteiger partial charge in [0, 0.05) is 38.4 Å². The zero-order chi connectivity index (χ0) is 33.5. The van der Waals surface area contributed by atoms with Crippen LogP contribution >= 0.6 is 0 Å². The van der Waals surface area contributed by atoms with Crippen LogP contribution in [0.3, 0.4) is 0 Å². The molecule has 0 saturated carbocycles. The lowest BCUT2D eigenvalue weighted by atomic mass is 9.86. The summed E-state index contributed by atoms with van der Waals surface area (Å²) in [5.41, 5.74) is 10.1. The second kappa shape index (κ2) is 11.3. The molecule has 1 aliphatic carbocycles. The highest BCUT2D eigenvalue weighted by Crippen LogP contribution is 2.54. The number of ether oxygens (including phenoxy) is 1. The van der Waals surface area contributed by atoms with Gasteiger partial charge in [-0.1, -0.05) is 139 Å². The second-order valence-electron chi connectivity index (χ2n) is 13.8. The van der Waals surface area contributed by atoms with Crippen LogP contribution in [0, 0.1) is 0 Å². The summed E-state index contributed by atoms with van der Waals surface area (Å²) in [5.74, 6) is 1.93. The molecule has 5 atom stereocenters. The van der Waals surface area contributed by atoms with Gasteiger partial charge in [0.25, 0.3) is 0 Å². The molecule has 6 aromatic carbocycles. The maximum Gasteiger partial charge on any atom is 0.167 e. The van der Waals surface area contributed by atoms with Crippen LogP contribution in [-0.2, 0) is 0 Å². The van der Waals surface area contributed by atoms with Gasteiger partial charge in [-0.2, -0.15) is 0 Å². The SMILES string of the molecule is C1=CC2c3cccc(-c4ccccc4)c3OC2c2oc3ccc(C4[N-]C(n5c6ccccc6c6ccccc65)[NH2+]C(c5ccccc5)N4)cc3c21. The lowest BCUT2D eigenvalue weighted by molar-refractivity contribution is -0.752. The van der Waals surface area contributed by atoms with Gasteiger partial charge in [-0.3, -0.25) is 5.32 Å². The first kappa shape index (κ1) is 28.9. The van der Waals surface area contributed by atoms with Crippen LogP contribution in [0.25, 0.3) is 55.3 Å². The molecule has 2 aromatic heterocycles. The molecule has 11 rings (SSSR count). The fourth-order valence-corrected chi connectivity index (χ4v) is 8.57. The smallest absolute Gasteiger partial charge is 0.167 e. The summed E-state index contributed by atoms with van der Waals surface area (Å²) in [6, 6.07) is 51.5. The highest BCUT2D eigenvalue weighted by atomic mass is 16.5. The maximum absolute atomic E-state index is 6.80. The van der Waals surface area contributed by atoms with Crippen molar-refractivity contribution in [3.8, 4) is 16.9 Å². The first-order chi connectivity index (χ1) is 25.3. The van der Waals surface area contributed by atoms with E-state index in [0.29, 0.717) is 0 Å². The quantitative estimate of drug-likeness (QED) is 0.197. The van der Waals surface area contributed by atoms with Crippen molar-refractivity contribution in [3.63, 3.8) is 0 Å². The number of rotatable bonds is 4. The van der Waals surface area contributed by atoms with Gasteiger partial charge in [0.05, 0.1) is 23.2 Å². The van der Waals surface area contributed by atoms with E-state index >= 15 is 0 Å². The van der Waals surface area contributed by atoms with Gasteiger partial charge in [-0.15, -0.1) is 0 Å². The summed E-state index contributed by atoms with van der Waals surface area (Å²) in [6.07, 6.45) is 3.86. The predicted molar refractivity (Wildman–Crippen MR) is 202 cm³/mol. The fourth-order valence-electron chi connectivity index (χ4n) is 8.57. The molecule has 8 aromatic rings. The summed E-state index contributed by atoms with van der Waals surface area (Å²) < 4.78 is 15.9. The molecule has 0 bridgehead atoms. The molecule has 4 heterocycles. The summed E-state index contributed by atoms with van der Waals surface area (Å²) in [7, 11) is 0. The zero-order valence-electron chi connectivity index (χ0n) is 27.7. The molecule has 246 valence electrons. The number of hydrogen-bond donors (Lipinski definition) is 2. The van der Waals surface area contributed by atoms with Crippen LogP contribution in [0.2, 0.25) is 0 Å². The van der Waals surface area contributed by atoms with E-state index in [2.05, 4.69) is 167 Å². The monoisotopic (exact) mass is 662 g/mol. The lowest BCUT2D eigenvalue weighted by Gasteiger charge is -2.47. The Labute approximate surface area is 295 Å². The molecule has 5 unspecified atom stereocenters.